The van der Waals surface area contributed by atoms with Crippen molar-refractivity contribution in [3.63, 3.8) is 0 Å². The molecule has 1 aromatic carbocycles. The number of Topliss-reactive ketones (excluding diaryl/α,β-unsaturated/α-hetero) is 1. The Morgan fingerprint density at radius 1 is 1.44 bits per heavy atom. The summed E-state index contributed by atoms with van der Waals surface area (Å²) in [5.41, 5.74) is -0.271. The van der Waals surface area contributed by atoms with Crippen molar-refractivity contribution >= 4 is 5.78 Å². The second-order valence-electron chi connectivity index (χ2n) is 3.04. The normalized spacial score (nSPS) is 13.0. The van der Waals surface area contributed by atoms with Gasteiger partial charge in [0, 0.05) is 0 Å². The van der Waals surface area contributed by atoms with Gasteiger partial charge in [0.15, 0.2) is 11.5 Å². The third-order valence-electron chi connectivity index (χ3n) is 2.17. The minimum atomic E-state index is -3.11. The molecule has 0 saturated carbocycles. The van der Waals surface area contributed by atoms with Gasteiger partial charge in [-0.3, -0.25) is 4.79 Å². The van der Waals surface area contributed by atoms with Gasteiger partial charge in [-0.05, 0) is 12.1 Å². The zero-order valence-electron chi connectivity index (χ0n) is 8.33. The van der Waals surface area contributed by atoms with Gasteiger partial charge in [0.2, 0.25) is 12.6 Å². The lowest BCUT2D eigenvalue weighted by molar-refractivity contribution is 0.0671. The molecule has 86 valence electrons. The molecule has 0 N–H and O–H groups in total. The van der Waals surface area contributed by atoms with Gasteiger partial charge in [-0.15, -0.1) is 0 Å². The first-order valence-corrected chi connectivity index (χ1v) is 4.44. The van der Waals surface area contributed by atoms with E-state index < -0.39 is 12.2 Å². The van der Waals surface area contributed by atoms with Crippen molar-refractivity contribution in [2.24, 2.45) is 0 Å². The molecule has 0 aromatic heterocycles. The quantitative estimate of drug-likeness (QED) is 0.743. The number of benzene rings is 1. The van der Waals surface area contributed by atoms with E-state index in [4.69, 9.17) is 14.2 Å². The minimum Gasteiger partial charge on any atom is -0.496 e. The molecule has 0 saturated heterocycles. The average molecular weight is 230 g/mol. The molecule has 1 aliphatic heterocycles. The number of halogens is 2. The Morgan fingerprint density at radius 3 is 2.81 bits per heavy atom. The molecule has 4 nitrogen and oxygen atoms in total. The molecule has 2 rings (SSSR count). The summed E-state index contributed by atoms with van der Waals surface area (Å²) in [6, 6.07) is 2.90. The molecule has 0 atom stereocenters. The fourth-order valence-corrected chi connectivity index (χ4v) is 1.47. The zero-order valence-corrected chi connectivity index (χ0v) is 8.33. The third-order valence-corrected chi connectivity index (χ3v) is 2.17. The topological polar surface area (TPSA) is 44.8 Å². The van der Waals surface area contributed by atoms with Crippen molar-refractivity contribution < 1.29 is 27.8 Å². The lowest BCUT2D eigenvalue weighted by atomic mass is 10.1. The maximum atomic E-state index is 12.4. The summed E-state index contributed by atoms with van der Waals surface area (Å²) in [6.07, 6.45) is -3.11. The molecule has 0 bridgehead atoms. The van der Waals surface area contributed by atoms with E-state index in [1.165, 1.54) is 19.2 Å². The summed E-state index contributed by atoms with van der Waals surface area (Å²) in [5, 5.41) is 0. The Labute approximate surface area is 89.7 Å². The van der Waals surface area contributed by atoms with Gasteiger partial charge >= 0.3 is 6.43 Å². The fraction of sp³-hybridized carbons (Fsp3) is 0.300. The van der Waals surface area contributed by atoms with E-state index >= 15 is 0 Å². The van der Waals surface area contributed by atoms with Crippen LogP contribution in [0, 0.1) is 0 Å². The first-order valence-electron chi connectivity index (χ1n) is 4.44. The van der Waals surface area contributed by atoms with Crippen LogP contribution in [0.3, 0.4) is 0 Å². The van der Waals surface area contributed by atoms with E-state index in [9.17, 15) is 13.6 Å². The number of carbonyl (C=O) groups excluding carboxylic acids is 1. The minimum absolute atomic E-state index is 0.0182. The van der Waals surface area contributed by atoms with Gasteiger partial charge in [-0.25, -0.2) is 8.78 Å². The molecule has 0 spiro atoms. The van der Waals surface area contributed by atoms with E-state index in [0.29, 0.717) is 0 Å². The number of ketones is 1. The Hall–Kier alpha value is -1.85. The van der Waals surface area contributed by atoms with Gasteiger partial charge < -0.3 is 14.2 Å². The smallest absolute Gasteiger partial charge is 0.300 e. The summed E-state index contributed by atoms with van der Waals surface area (Å²) in [6.45, 7) is -0.0913. The maximum Gasteiger partial charge on any atom is 0.300 e. The lowest BCUT2D eigenvalue weighted by Crippen LogP contribution is -2.12. The lowest BCUT2D eigenvalue weighted by Gasteiger charge is -2.09. The summed E-state index contributed by atoms with van der Waals surface area (Å²) >= 11 is 0. The van der Waals surface area contributed by atoms with Crippen LogP contribution in [0.25, 0.3) is 0 Å². The summed E-state index contributed by atoms with van der Waals surface area (Å²) in [4.78, 5) is 11.3. The number of methoxy groups -OCH3 is 1. The van der Waals surface area contributed by atoms with E-state index in [0.717, 1.165) is 0 Å². The van der Waals surface area contributed by atoms with Crippen LogP contribution in [-0.2, 0) is 0 Å². The molecule has 0 fully saturated rings. The largest absolute Gasteiger partial charge is 0.496 e. The molecule has 1 heterocycles. The van der Waals surface area contributed by atoms with Crippen LogP contribution < -0.4 is 14.2 Å². The van der Waals surface area contributed by atoms with E-state index in [2.05, 4.69) is 0 Å². The molecule has 16 heavy (non-hydrogen) atoms. The summed E-state index contributed by atoms with van der Waals surface area (Å²) in [5.74, 6) is -0.997. The molecular weight excluding hydrogens is 222 g/mol. The third kappa shape index (κ3) is 1.56. The van der Waals surface area contributed by atoms with E-state index in [1.54, 1.807) is 0 Å². The number of alkyl halides is 2. The van der Waals surface area contributed by atoms with E-state index in [-0.39, 0.29) is 29.6 Å². The van der Waals surface area contributed by atoms with Crippen molar-refractivity contribution in [3.8, 4) is 17.2 Å². The second-order valence-corrected chi connectivity index (χ2v) is 3.04. The number of ether oxygens (including phenoxy) is 3. The predicted octanol–water partition coefficient (Wildman–Crippen LogP) is 1.87. The van der Waals surface area contributed by atoms with Gasteiger partial charge in [0.05, 0.1) is 7.11 Å². The highest BCUT2D eigenvalue weighted by molar-refractivity contribution is 6.04. The standard InChI is InChI=1S/C10H8F2O4/c1-14-5-2-3-6-9(16-4-15-6)7(5)8(13)10(11)12/h2-3,10H,4H2,1H3. The zero-order chi connectivity index (χ0) is 11.7. The first-order chi connectivity index (χ1) is 7.65. The number of hydrogen-bond acceptors (Lipinski definition) is 4. The molecular formula is C10H8F2O4. The van der Waals surface area contributed by atoms with Gasteiger partial charge in [0.1, 0.15) is 11.3 Å². The SMILES string of the molecule is COc1ccc2c(c1C(=O)C(F)F)OCO2. The van der Waals surface area contributed by atoms with Crippen LogP contribution in [0.4, 0.5) is 8.78 Å². The first kappa shape index (κ1) is 10.7. The highest BCUT2D eigenvalue weighted by Gasteiger charge is 2.30. The molecule has 1 aliphatic rings. The monoisotopic (exact) mass is 230 g/mol. The van der Waals surface area contributed by atoms with Crippen LogP contribution in [-0.4, -0.2) is 26.1 Å². The Morgan fingerprint density at radius 2 is 2.19 bits per heavy atom. The Balaban J connectivity index is 2.56. The van der Waals surface area contributed by atoms with Crippen molar-refractivity contribution in [2.75, 3.05) is 13.9 Å². The molecule has 0 amide bonds. The Bertz CT molecular complexity index is 431. The van der Waals surface area contributed by atoms with Gasteiger partial charge in [-0.1, -0.05) is 0 Å². The van der Waals surface area contributed by atoms with Crippen molar-refractivity contribution in [2.45, 2.75) is 6.43 Å². The molecule has 1 aromatic rings. The van der Waals surface area contributed by atoms with Gasteiger partial charge in [-0.2, -0.15) is 0 Å². The van der Waals surface area contributed by atoms with Crippen LogP contribution in [0.1, 0.15) is 10.4 Å². The average Bonchev–Trinajstić information content (AvgIpc) is 2.74. The molecule has 0 unspecified atom stereocenters. The van der Waals surface area contributed by atoms with Crippen LogP contribution in [0.15, 0.2) is 12.1 Å². The number of carbonyl (C=O) groups is 1. The Kier molecular flexibility index (Phi) is 2.64. The predicted molar refractivity (Wildman–Crippen MR) is 49.5 cm³/mol. The van der Waals surface area contributed by atoms with Gasteiger partial charge in [0.25, 0.3) is 0 Å². The van der Waals surface area contributed by atoms with Crippen molar-refractivity contribution in [1.82, 2.24) is 0 Å². The van der Waals surface area contributed by atoms with Crippen molar-refractivity contribution in [3.05, 3.63) is 17.7 Å². The second kappa shape index (κ2) is 3.96. The van der Waals surface area contributed by atoms with E-state index in [1.807, 2.05) is 0 Å². The fourth-order valence-electron chi connectivity index (χ4n) is 1.47. The highest BCUT2D eigenvalue weighted by Crippen LogP contribution is 2.41. The van der Waals surface area contributed by atoms with Crippen LogP contribution in [0.5, 0.6) is 17.2 Å². The van der Waals surface area contributed by atoms with Crippen LogP contribution in [0.2, 0.25) is 0 Å². The number of rotatable bonds is 3. The van der Waals surface area contributed by atoms with Crippen molar-refractivity contribution in [1.29, 1.82) is 0 Å². The highest BCUT2D eigenvalue weighted by atomic mass is 19.3. The summed E-state index contributed by atoms with van der Waals surface area (Å²) < 4.78 is 39.6. The number of hydrogen-bond donors (Lipinski definition) is 0. The molecule has 0 radical (unpaired) electrons. The summed E-state index contributed by atoms with van der Waals surface area (Å²) in [7, 11) is 1.29. The molecule has 0 aliphatic carbocycles. The van der Waals surface area contributed by atoms with Crippen LogP contribution >= 0.6 is 0 Å². The maximum absolute atomic E-state index is 12.4. The number of fused-ring (bicyclic) bond motifs is 1. The molecule has 6 heteroatoms.